The Balaban J connectivity index is 3.04. The van der Waals surface area contributed by atoms with Gasteiger partial charge in [0.15, 0.2) is 0 Å². The first-order valence-electron chi connectivity index (χ1n) is 5.28. The van der Waals surface area contributed by atoms with Gasteiger partial charge >= 0.3 is 5.97 Å². The van der Waals surface area contributed by atoms with Crippen LogP contribution in [0.4, 0.5) is 0 Å². The number of aliphatic carboxylic acids is 1. The van der Waals surface area contributed by atoms with Crippen molar-refractivity contribution in [3.8, 4) is 0 Å². The fourth-order valence-electron chi connectivity index (χ4n) is 1.62. The number of hydrogen-bond donors (Lipinski definition) is 1. The maximum Gasteiger partial charge on any atom is 0.304 e. The Bertz CT molecular complexity index is 526. The number of rotatable bonds is 6. The second-order valence-electron chi connectivity index (χ2n) is 3.71. The molecule has 1 aromatic heterocycles. The van der Waals surface area contributed by atoms with Crippen molar-refractivity contribution in [3.63, 3.8) is 0 Å². The monoisotopic (exact) mass is 311 g/mol. The van der Waals surface area contributed by atoms with E-state index in [-0.39, 0.29) is 17.2 Å². The predicted octanol–water partition coefficient (Wildman–Crippen LogP) is 2.28. The summed E-state index contributed by atoms with van der Waals surface area (Å²) in [5.41, 5.74) is 0. The Labute approximate surface area is 115 Å². The van der Waals surface area contributed by atoms with Crippen LogP contribution < -0.4 is 0 Å². The molecule has 1 aromatic rings. The van der Waals surface area contributed by atoms with Crippen LogP contribution in [0.2, 0.25) is 4.34 Å². The van der Waals surface area contributed by atoms with E-state index in [1.807, 2.05) is 0 Å². The van der Waals surface area contributed by atoms with E-state index < -0.39 is 22.0 Å². The summed E-state index contributed by atoms with van der Waals surface area (Å²) in [7, 11) is -3.67. The first kappa shape index (κ1) is 15.4. The topological polar surface area (TPSA) is 74.7 Å². The lowest BCUT2D eigenvalue weighted by molar-refractivity contribution is -0.137. The molecular weight excluding hydrogens is 298 g/mol. The average molecular weight is 312 g/mol. The average Bonchev–Trinajstić information content (AvgIpc) is 2.64. The van der Waals surface area contributed by atoms with Crippen molar-refractivity contribution in [2.24, 2.45) is 0 Å². The maximum absolute atomic E-state index is 12.3. The summed E-state index contributed by atoms with van der Waals surface area (Å²) >= 11 is 6.68. The van der Waals surface area contributed by atoms with Gasteiger partial charge in [0.05, 0.1) is 10.8 Å². The summed E-state index contributed by atoms with van der Waals surface area (Å²) in [4.78, 5) is 10.7. The van der Waals surface area contributed by atoms with Crippen molar-refractivity contribution in [1.82, 2.24) is 4.31 Å². The Morgan fingerprint density at radius 2 is 2.17 bits per heavy atom. The third-order valence-electron chi connectivity index (χ3n) is 2.38. The fourth-order valence-corrected chi connectivity index (χ4v) is 4.88. The lowest BCUT2D eigenvalue weighted by Gasteiger charge is -2.25. The molecule has 0 radical (unpaired) electrons. The van der Waals surface area contributed by atoms with Gasteiger partial charge in [0, 0.05) is 12.6 Å². The summed E-state index contributed by atoms with van der Waals surface area (Å²) in [6.07, 6.45) is -0.230. The highest BCUT2D eigenvalue weighted by molar-refractivity contribution is 7.91. The van der Waals surface area contributed by atoms with Crippen LogP contribution in [0.3, 0.4) is 0 Å². The lowest BCUT2D eigenvalue weighted by Crippen LogP contribution is -2.39. The molecule has 5 nitrogen and oxygen atoms in total. The molecule has 0 aliphatic carbocycles. The Kier molecular flexibility index (Phi) is 5.15. The lowest BCUT2D eigenvalue weighted by atomic mass is 10.2. The minimum Gasteiger partial charge on any atom is -0.481 e. The van der Waals surface area contributed by atoms with Gasteiger partial charge in [-0.25, -0.2) is 8.42 Å². The third kappa shape index (κ3) is 3.44. The van der Waals surface area contributed by atoms with E-state index in [0.717, 1.165) is 11.3 Å². The molecular formula is C10H14ClNO4S2. The molecule has 102 valence electrons. The van der Waals surface area contributed by atoms with Gasteiger partial charge in [-0.1, -0.05) is 18.5 Å². The van der Waals surface area contributed by atoms with Gasteiger partial charge in [0.1, 0.15) is 4.21 Å². The van der Waals surface area contributed by atoms with E-state index in [4.69, 9.17) is 16.7 Å². The van der Waals surface area contributed by atoms with Crippen LogP contribution >= 0.6 is 22.9 Å². The van der Waals surface area contributed by atoms with E-state index >= 15 is 0 Å². The van der Waals surface area contributed by atoms with E-state index in [2.05, 4.69) is 0 Å². The van der Waals surface area contributed by atoms with Crippen molar-refractivity contribution >= 4 is 38.9 Å². The molecule has 8 heteroatoms. The van der Waals surface area contributed by atoms with Crippen LogP contribution in [-0.4, -0.2) is 36.4 Å². The number of thiophene rings is 1. The predicted molar refractivity (Wildman–Crippen MR) is 70.6 cm³/mol. The van der Waals surface area contributed by atoms with Crippen molar-refractivity contribution < 1.29 is 18.3 Å². The number of halogens is 1. The summed E-state index contributed by atoms with van der Waals surface area (Å²) in [5.74, 6) is -1.03. The van der Waals surface area contributed by atoms with Gasteiger partial charge in [0.2, 0.25) is 0 Å². The van der Waals surface area contributed by atoms with E-state index in [9.17, 15) is 13.2 Å². The summed E-state index contributed by atoms with van der Waals surface area (Å²) < 4.78 is 26.3. The number of hydrogen-bond acceptors (Lipinski definition) is 4. The van der Waals surface area contributed by atoms with Crippen LogP contribution in [0.1, 0.15) is 20.3 Å². The minimum absolute atomic E-state index is 0.131. The Morgan fingerprint density at radius 1 is 1.56 bits per heavy atom. The van der Waals surface area contributed by atoms with Crippen LogP contribution in [0, 0.1) is 0 Å². The highest BCUT2D eigenvalue weighted by atomic mass is 35.5. The minimum atomic E-state index is -3.67. The van der Waals surface area contributed by atoms with Crippen LogP contribution in [0.25, 0.3) is 0 Å². The van der Waals surface area contributed by atoms with Crippen LogP contribution in [-0.2, 0) is 14.8 Å². The van der Waals surface area contributed by atoms with Crippen molar-refractivity contribution in [1.29, 1.82) is 0 Å². The summed E-state index contributed by atoms with van der Waals surface area (Å²) in [6.45, 7) is 3.46. The molecule has 0 saturated heterocycles. The van der Waals surface area contributed by atoms with E-state index in [1.54, 1.807) is 13.8 Å². The smallest absolute Gasteiger partial charge is 0.304 e. The zero-order valence-electron chi connectivity index (χ0n) is 9.96. The van der Waals surface area contributed by atoms with Gasteiger partial charge in [0.25, 0.3) is 10.0 Å². The zero-order chi connectivity index (χ0) is 13.9. The first-order chi connectivity index (χ1) is 8.28. The second-order valence-corrected chi connectivity index (χ2v) is 7.55. The van der Waals surface area contributed by atoms with Crippen LogP contribution in [0.5, 0.6) is 0 Å². The largest absolute Gasteiger partial charge is 0.481 e. The van der Waals surface area contributed by atoms with Crippen molar-refractivity contribution in [3.05, 3.63) is 16.5 Å². The van der Waals surface area contributed by atoms with Crippen LogP contribution in [0.15, 0.2) is 16.3 Å². The van der Waals surface area contributed by atoms with Gasteiger partial charge in [-0.2, -0.15) is 4.31 Å². The zero-order valence-corrected chi connectivity index (χ0v) is 12.3. The number of nitrogens with zero attached hydrogens (tertiary/aromatic N) is 1. The molecule has 1 N–H and O–H groups in total. The normalized spacial score (nSPS) is 13.8. The molecule has 0 amide bonds. The highest BCUT2D eigenvalue weighted by Crippen LogP contribution is 2.29. The van der Waals surface area contributed by atoms with E-state index in [1.165, 1.54) is 16.4 Å². The van der Waals surface area contributed by atoms with Crippen molar-refractivity contribution in [2.75, 3.05) is 6.54 Å². The molecule has 0 aliphatic rings. The number of carboxylic acid groups (broad SMARTS) is 1. The third-order valence-corrected chi connectivity index (χ3v) is 6.17. The number of sulfonamides is 1. The molecule has 0 aromatic carbocycles. The first-order valence-corrected chi connectivity index (χ1v) is 7.91. The molecule has 0 aliphatic heterocycles. The molecule has 0 saturated carbocycles. The van der Waals surface area contributed by atoms with Crippen molar-refractivity contribution in [2.45, 2.75) is 30.5 Å². The van der Waals surface area contributed by atoms with Gasteiger partial charge in [-0.15, -0.1) is 11.3 Å². The molecule has 1 heterocycles. The molecule has 0 fully saturated rings. The number of carboxylic acids is 1. The standard InChI is InChI=1S/C10H14ClNO4S2/c1-3-12(7(2)6-9(13)14)18(15,16)10-5-4-8(11)17-10/h4-5,7H,3,6H2,1-2H3,(H,13,14). The molecule has 18 heavy (non-hydrogen) atoms. The second kappa shape index (κ2) is 6.01. The van der Waals surface area contributed by atoms with Gasteiger partial charge < -0.3 is 5.11 Å². The molecule has 1 rings (SSSR count). The number of carbonyl (C=O) groups is 1. The van der Waals surface area contributed by atoms with Gasteiger partial charge in [-0.05, 0) is 19.1 Å². The molecule has 1 atom stereocenters. The summed E-state index contributed by atoms with van der Waals surface area (Å²) in [6, 6.07) is 2.34. The fraction of sp³-hybridized carbons (Fsp3) is 0.500. The quantitative estimate of drug-likeness (QED) is 0.874. The van der Waals surface area contributed by atoms with E-state index in [0.29, 0.717) is 4.34 Å². The molecule has 0 bridgehead atoms. The highest BCUT2D eigenvalue weighted by Gasteiger charge is 2.30. The Morgan fingerprint density at radius 3 is 2.56 bits per heavy atom. The van der Waals surface area contributed by atoms with Gasteiger partial charge in [-0.3, -0.25) is 4.79 Å². The maximum atomic E-state index is 12.3. The Hall–Kier alpha value is -0.630. The summed E-state index contributed by atoms with van der Waals surface area (Å²) in [5, 5.41) is 8.73. The molecule has 1 unspecified atom stereocenters. The SMILES string of the molecule is CCN(C(C)CC(=O)O)S(=O)(=O)c1ccc(Cl)s1. The molecule has 0 spiro atoms.